The molecule has 0 unspecified atom stereocenters. The molecule has 0 bridgehead atoms. The number of rotatable bonds is 8. The van der Waals surface area contributed by atoms with Crippen LogP contribution < -0.4 is 5.32 Å². The topological polar surface area (TPSA) is 101 Å². The summed E-state index contributed by atoms with van der Waals surface area (Å²) in [6.07, 6.45) is 5.21. The Morgan fingerprint density at radius 1 is 1.24 bits per heavy atom. The van der Waals surface area contributed by atoms with Crippen LogP contribution in [0.3, 0.4) is 0 Å². The molecule has 3 aromatic heterocycles. The van der Waals surface area contributed by atoms with Crippen LogP contribution in [0.25, 0.3) is 33.2 Å². The smallest absolute Gasteiger partial charge is 0.256 e. The number of H-pyrrole nitrogens is 1. The van der Waals surface area contributed by atoms with Gasteiger partial charge in [-0.05, 0) is 50.3 Å². The number of hydrogen-bond donors (Lipinski definition) is 3. The van der Waals surface area contributed by atoms with Crippen LogP contribution in [-0.2, 0) is 11.3 Å². The van der Waals surface area contributed by atoms with E-state index >= 15 is 0 Å². The average molecular weight is 471 g/mol. The molecule has 1 saturated carbocycles. The minimum absolute atomic E-state index is 0.0526. The summed E-state index contributed by atoms with van der Waals surface area (Å²) < 4.78 is 33.3. The van der Waals surface area contributed by atoms with Crippen molar-refractivity contribution in [3.8, 4) is 11.1 Å². The van der Waals surface area contributed by atoms with Crippen LogP contribution in [0.15, 0.2) is 30.6 Å². The number of halogens is 2. The van der Waals surface area contributed by atoms with Crippen LogP contribution >= 0.6 is 0 Å². The van der Waals surface area contributed by atoms with Crippen LogP contribution in [-0.4, -0.2) is 61.4 Å². The van der Waals surface area contributed by atoms with Gasteiger partial charge in [0.05, 0.1) is 36.9 Å². The van der Waals surface area contributed by atoms with Gasteiger partial charge in [0.15, 0.2) is 0 Å². The molecule has 0 amide bonds. The number of aromatic amines is 1. The molecule has 1 aliphatic rings. The largest absolute Gasteiger partial charge is 0.394 e. The number of aromatic nitrogens is 5. The number of aryl methyl sites for hydroxylation is 1. The van der Waals surface area contributed by atoms with E-state index in [-0.39, 0.29) is 25.3 Å². The van der Waals surface area contributed by atoms with Crippen molar-refractivity contribution in [3.05, 3.63) is 36.4 Å². The molecule has 3 heterocycles. The summed E-state index contributed by atoms with van der Waals surface area (Å²) in [5.74, 6) is 1.14. The number of aliphatic hydroxyl groups is 1. The summed E-state index contributed by atoms with van der Waals surface area (Å²) in [5.41, 5.74) is 3.89. The summed E-state index contributed by atoms with van der Waals surface area (Å²) in [7, 11) is 0. The normalized spacial score (nSPS) is 18.9. The van der Waals surface area contributed by atoms with E-state index < -0.39 is 6.43 Å². The first-order valence-corrected chi connectivity index (χ1v) is 11.6. The number of anilines is 1. The molecular weight excluding hydrogens is 442 g/mol. The van der Waals surface area contributed by atoms with Crippen LogP contribution in [0.5, 0.6) is 0 Å². The van der Waals surface area contributed by atoms with Crippen molar-refractivity contribution in [2.75, 3.05) is 18.5 Å². The first kappa shape index (κ1) is 22.7. The molecule has 0 aliphatic heterocycles. The van der Waals surface area contributed by atoms with Crippen molar-refractivity contribution >= 4 is 28.0 Å². The highest BCUT2D eigenvalue weighted by Crippen LogP contribution is 2.31. The monoisotopic (exact) mass is 470 g/mol. The number of alkyl halides is 2. The predicted octanol–water partition coefficient (Wildman–Crippen LogP) is 4.28. The molecule has 180 valence electrons. The fourth-order valence-corrected chi connectivity index (χ4v) is 4.77. The highest BCUT2D eigenvalue weighted by Gasteiger charge is 2.22. The zero-order valence-electron chi connectivity index (χ0n) is 19.0. The highest BCUT2D eigenvalue weighted by atomic mass is 19.3. The molecular formula is C24H28F2N6O2. The fourth-order valence-electron chi connectivity index (χ4n) is 4.77. The molecule has 1 aliphatic carbocycles. The Morgan fingerprint density at radius 2 is 2.06 bits per heavy atom. The Balaban J connectivity index is 1.35. The first-order valence-electron chi connectivity index (χ1n) is 11.6. The molecule has 5 rings (SSSR count). The predicted molar refractivity (Wildman–Crippen MR) is 126 cm³/mol. The molecule has 3 N–H and O–H groups in total. The second kappa shape index (κ2) is 9.63. The number of hydrogen-bond acceptors (Lipinski definition) is 6. The summed E-state index contributed by atoms with van der Waals surface area (Å²) >= 11 is 0. The number of aliphatic hydroxyl groups excluding tert-OH is 1. The third-order valence-corrected chi connectivity index (χ3v) is 6.46. The van der Waals surface area contributed by atoms with Crippen molar-refractivity contribution in [1.82, 2.24) is 24.5 Å². The maximum atomic E-state index is 13.1. The van der Waals surface area contributed by atoms with E-state index in [2.05, 4.69) is 25.3 Å². The number of ether oxygens (including phenoxy) is 1. The standard InChI is InChI=1S/C24H28F2N6O2/c1-14-29-20-7-2-15(10-21(20)32(14)13-22(25)26)18-11-27-23-19(18)12-28-24(31-23)30-16-3-5-17(6-4-16)34-9-8-33/h2,7,10-12,16-17,22,33H,3-6,8-9,13H2,1H3,(H2,27,28,30,31)/t16-,17+. The Kier molecular flexibility index (Phi) is 6.42. The number of benzene rings is 1. The van der Waals surface area contributed by atoms with Gasteiger partial charge in [-0.25, -0.2) is 18.7 Å². The van der Waals surface area contributed by atoms with Crippen LogP contribution in [0.1, 0.15) is 31.5 Å². The molecule has 0 spiro atoms. The van der Waals surface area contributed by atoms with Gasteiger partial charge in [-0.2, -0.15) is 4.98 Å². The fraction of sp³-hybridized carbons (Fsp3) is 0.458. The Hall–Kier alpha value is -3.11. The van der Waals surface area contributed by atoms with Gasteiger partial charge >= 0.3 is 0 Å². The zero-order valence-corrected chi connectivity index (χ0v) is 19.0. The molecule has 1 aromatic carbocycles. The van der Waals surface area contributed by atoms with Crippen LogP contribution in [0, 0.1) is 6.92 Å². The van der Waals surface area contributed by atoms with Gasteiger partial charge in [-0.1, -0.05) is 6.07 Å². The number of nitrogens with one attached hydrogen (secondary N) is 2. The number of fused-ring (bicyclic) bond motifs is 2. The van der Waals surface area contributed by atoms with Crippen molar-refractivity contribution in [3.63, 3.8) is 0 Å². The minimum Gasteiger partial charge on any atom is -0.394 e. The third kappa shape index (κ3) is 4.60. The lowest BCUT2D eigenvalue weighted by atomic mass is 9.93. The third-order valence-electron chi connectivity index (χ3n) is 6.46. The summed E-state index contributed by atoms with van der Waals surface area (Å²) in [4.78, 5) is 16.8. The summed E-state index contributed by atoms with van der Waals surface area (Å²) in [5, 5.41) is 13.2. The lowest BCUT2D eigenvalue weighted by Crippen LogP contribution is -2.30. The first-order chi connectivity index (χ1) is 16.5. The van der Waals surface area contributed by atoms with Crippen molar-refractivity contribution < 1.29 is 18.6 Å². The summed E-state index contributed by atoms with van der Waals surface area (Å²) in [6, 6.07) is 5.97. The molecule has 1 fully saturated rings. The van der Waals surface area contributed by atoms with E-state index in [1.165, 1.54) is 0 Å². The van der Waals surface area contributed by atoms with E-state index in [4.69, 9.17) is 9.84 Å². The van der Waals surface area contributed by atoms with Gasteiger partial charge in [0.1, 0.15) is 11.5 Å². The van der Waals surface area contributed by atoms with Gasteiger partial charge in [0.2, 0.25) is 5.95 Å². The van der Waals surface area contributed by atoms with Crippen molar-refractivity contribution in [2.24, 2.45) is 0 Å². The Bertz CT molecular complexity index is 1280. The molecule has 0 atom stereocenters. The van der Waals surface area contributed by atoms with Gasteiger partial charge in [-0.3, -0.25) is 0 Å². The SMILES string of the molecule is Cc1nc2ccc(-c3c[nH]c4nc(N[C@H]5CC[C@@H](OCCO)CC5)ncc34)cc2n1CC(F)F. The van der Waals surface area contributed by atoms with E-state index in [9.17, 15) is 8.78 Å². The maximum absolute atomic E-state index is 13.1. The molecule has 10 heteroatoms. The van der Waals surface area contributed by atoms with Gasteiger partial charge in [0.25, 0.3) is 6.43 Å². The molecule has 34 heavy (non-hydrogen) atoms. The maximum Gasteiger partial charge on any atom is 0.256 e. The van der Waals surface area contributed by atoms with E-state index in [0.717, 1.165) is 42.2 Å². The van der Waals surface area contributed by atoms with Crippen molar-refractivity contribution in [2.45, 2.75) is 57.7 Å². The number of imidazole rings is 1. The lowest BCUT2D eigenvalue weighted by Gasteiger charge is -2.28. The molecule has 0 saturated heterocycles. The summed E-state index contributed by atoms with van der Waals surface area (Å²) in [6.45, 7) is 1.80. The Labute approximate surface area is 195 Å². The lowest BCUT2D eigenvalue weighted by molar-refractivity contribution is 0.00719. The quantitative estimate of drug-likeness (QED) is 0.355. The van der Waals surface area contributed by atoms with Crippen LogP contribution in [0.4, 0.5) is 14.7 Å². The Morgan fingerprint density at radius 3 is 2.82 bits per heavy atom. The second-order valence-corrected chi connectivity index (χ2v) is 8.73. The van der Waals surface area contributed by atoms with Gasteiger partial charge < -0.3 is 24.7 Å². The zero-order chi connectivity index (χ0) is 23.7. The van der Waals surface area contributed by atoms with E-state index in [1.54, 1.807) is 17.7 Å². The molecule has 4 aromatic rings. The second-order valence-electron chi connectivity index (χ2n) is 8.73. The number of nitrogens with zero attached hydrogens (tertiary/aromatic N) is 4. The minimum atomic E-state index is -2.45. The van der Waals surface area contributed by atoms with Crippen LogP contribution in [0.2, 0.25) is 0 Å². The van der Waals surface area contributed by atoms with Gasteiger partial charge in [-0.15, -0.1) is 0 Å². The van der Waals surface area contributed by atoms with Gasteiger partial charge in [0, 0.05) is 29.4 Å². The molecule has 8 nitrogen and oxygen atoms in total. The average Bonchev–Trinajstić information content (AvgIpc) is 3.38. The van der Waals surface area contributed by atoms with Crippen molar-refractivity contribution in [1.29, 1.82) is 0 Å². The highest BCUT2D eigenvalue weighted by molar-refractivity contribution is 5.95. The molecule has 0 radical (unpaired) electrons. The van der Waals surface area contributed by atoms with E-state index in [0.29, 0.717) is 35.1 Å². The van der Waals surface area contributed by atoms with E-state index in [1.807, 2.05) is 24.4 Å².